The Bertz CT molecular complexity index is 184. The van der Waals surface area contributed by atoms with Crippen molar-refractivity contribution < 1.29 is 4.79 Å². The summed E-state index contributed by atoms with van der Waals surface area (Å²) in [5.41, 5.74) is 0. The molecule has 1 heteroatoms. The van der Waals surface area contributed by atoms with Crippen LogP contribution in [0.4, 0.5) is 0 Å². The number of carbonyl (C=O) groups excluding carboxylic acids is 1. The van der Waals surface area contributed by atoms with Crippen LogP contribution in [0, 0.1) is 0 Å². The molecule has 106 valence electrons. The topological polar surface area (TPSA) is 17.1 Å². The Balaban J connectivity index is 3.00. The first-order chi connectivity index (χ1) is 8.91. The van der Waals surface area contributed by atoms with Gasteiger partial charge in [-0.3, -0.25) is 0 Å². The van der Waals surface area contributed by atoms with Crippen molar-refractivity contribution in [1.29, 1.82) is 0 Å². The molecule has 0 bridgehead atoms. The van der Waals surface area contributed by atoms with Gasteiger partial charge >= 0.3 is 0 Å². The Labute approximate surface area is 114 Å². The number of rotatable bonds is 14. The molecule has 0 aromatic carbocycles. The zero-order valence-corrected chi connectivity index (χ0v) is 12.3. The molecule has 0 amide bonds. The molecule has 0 aliphatic heterocycles. The SMILES string of the molecule is CCCCC/C=C\CCCCCCCCCC=O. The van der Waals surface area contributed by atoms with Crippen molar-refractivity contribution in [3.63, 3.8) is 0 Å². The summed E-state index contributed by atoms with van der Waals surface area (Å²) in [4.78, 5) is 10.1. The van der Waals surface area contributed by atoms with Gasteiger partial charge < -0.3 is 4.79 Å². The smallest absolute Gasteiger partial charge is 0.119 e. The van der Waals surface area contributed by atoms with Gasteiger partial charge in [0.15, 0.2) is 0 Å². The summed E-state index contributed by atoms with van der Waals surface area (Å²) in [5, 5.41) is 0. The van der Waals surface area contributed by atoms with Crippen LogP contribution in [0.3, 0.4) is 0 Å². The maximum atomic E-state index is 10.1. The van der Waals surface area contributed by atoms with Gasteiger partial charge in [0.1, 0.15) is 6.29 Å². The second-order valence-electron chi connectivity index (χ2n) is 5.19. The van der Waals surface area contributed by atoms with Gasteiger partial charge in [-0.15, -0.1) is 0 Å². The zero-order valence-electron chi connectivity index (χ0n) is 12.3. The first-order valence-electron chi connectivity index (χ1n) is 8.00. The highest BCUT2D eigenvalue weighted by molar-refractivity contribution is 5.48. The normalized spacial score (nSPS) is 11.2. The molecule has 0 spiro atoms. The predicted molar refractivity (Wildman–Crippen MR) is 80.9 cm³/mol. The van der Waals surface area contributed by atoms with Crippen LogP contribution in [0.2, 0.25) is 0 Å². The molecule has 0 aromatic heterocycles. The summed E-state index contributed by atoms with van der Waals surface area (Å²) < 4.78 is 0. The van der Waals surface area contributed by atoms with Gasteiger partial charge in [0.05, 0.1) is 0 Å². The molecule has 0 aliphatic rings. The monoisotopic (exact) mass is 252 g/mol. The van der Waals surface area contributed by atoms with E-state index in [2.05, 4.69) is 19.1 Å². The number of hydrogen-bond acceptors (Lipinski definition) is 1. The first-order valence-corrected chi connectivity index (χ1v) is 8.00. The van der Waals surface area contributed by atoms with Crippen molar-refractivity contribution in [1.82, 2.24) is 0 Å². The number of hydrogen-bond donors (Lipinski definition) is 0. The van der Waals surface area contributed by atoms with Crippen molar-refractivity contribution in [2.45, 2.75) is 90.4 Å². The van der Waals surface area contributed by atoms with Crippen LogP contribution in [-0.4, -0.2) is 6.29 Å². The number of allylic oxidation sites excluding steroid dienone is 2. The van der Waals surface area contributed by atoms with Crippen molar-refractivity contribution in [2.75, 3.05) is 0 Å². The van der Waals surface area contributed by atoms with Gasteiger partial charge in [-0.05, 0) is 32.1 Å². The minimum absolute atomic E-state index is 0.753. The Morgan fingerprint density at radius 2 is 1.06 bits per heavy atom. The Morgan fingerprint density at radius 3 is 1.56 bits per heavy atom. The highest BCUT2D eigenvalue weighted by atomic mass is 16.1. The summed E-state index contributed by atoms with van der Waals surface area (Å²) >= 11 is 0. The quantitative estimate of drug-likeness (QED) is 0.216. The molecule has 18 heavy (non-hydrogen) atoms. The zero-order chi connectivity index (χ0) is 13.3. The van der Waals surface area contributed by atoms with Gasteiger partial charge in [0.25, 0.3) is 0 Å². The molecule has 0 N–H and O–H groups in total. The van der Waals surface area contributed by atoms with Crippen LogP contribution in [0.1, 0.15) is 90.4 Å². The molecule has 1 nitrogen and oxygen atoms in total. The van der Waals surface area contributed by atoms with E-state index in [1.807, 2.05) is 0 Å². The van der Waals surface area contributed by atoms with E-state index in [-0.39, 0.29) is 0 Å². The molecule has 0 rings (SSSR count). The van der Waals surface area contributed by atoms with Gasteiger partial charge in [0.2, 0.25) is 0 Å². The van der Waals surface area contributed by atoms with E-state index < -0.39 is 0 Å². The second-order valence-corrected chi connectivity index (χ2v) is 5.19. The molecule has 0 saturated carbocycles. The summed E-state index contributed by atoms with van der Waals surface area (Å²) in [6, 6.07) is 0. The lowest BCUT2D eigenvalue weighted by Crippen LogP contribution is -1.81. The van der Waals surface area contributed by atoms with E-state index in [0.717, 1.165) is 19.1 Å². The molecule has 0 unspecified atom stereocenters. The number of unbranched alkanes of at least 4 members (excludes halogenated alkanes) is 11. The van der Waals surface area contributed by atoms with E-state index >= 15 is 0 Å². The standard InChI is InChI=1S/C17H32O/c1-2-3-4-5-6-7-8-9-10-11-12-13-14-15-16-17-18/h6-7,17H,2-5,8-16H2,1H3/b7-6-. The Kier molecular flexibility index (Phi) is 15.9. The first kappa shape index (κ1) is 17.4. The van der Waals surface area contributed by atoms with Crippen LogP contribution in [0.25, 0.3) is 0 Å². The Morgan fingerprint density at radius 1 is 0.611 bits per heavy atom. The molecule has 0 atom stereocenters. The second kappa shape index (κ2) is 16.4. The van der Waals surface area contributed by atoms with E-state index in [1.54, 1.807) is 0 Å². The summed E-state index contributed by atoms with van der Waals surface area (Å²) in [5.74, 6) is 0. The summed E-state index contributed by atoms with van der Waals surface area (Å²) in [6.07, 6.45) is 22.1. The van der Waals surface area contributed by atoms with Crippen LogP contribution in [0.5, 0.6) is 0 Å². The molecule has 0 fully saturated rings. The van der Waals surface area contributed by atoms with Crippen LogP contribution in [0.15, 0.2) is 12.2 Å². The van der Waals surface area contributed by atoms with Crippen LogP contribution < -0.4 is 0 Å². The number of aldehydes is 1. The largest absolute Gasteiger partial charge is 0.303 e. The third kappa shape index (κ3) is 15.4. The van der Waals surface area contributed by atoms with Crippen molar-refractivity contribution in [2.24, 2.45) is 0 Å². The highest BCUT2D eigenvalue weighted by Crippen LogP contribution is 2.10. The van der Waals surface area contributed by atoms with Gasteiger partial charge in [-0.2, -0.15) is 0 Å². The average molecular weight is 252 g/mol. The Hall–Kier alpha value is -0.590. The minimum Gasteiger partial charge on any atom is -0.303 e. The third-order valence-electron chi connectivity index (χ3n) is 3.33. The van der Waals surface area contributed by atoms with Crippen molar-refractivity contribution in [3.8, 4) is 0 Å². The number of carbonyl (C=O) groups is 1. The van der Waals surface area contributed by atoms with Crippen LogP contribution in [-0.2, 0) is 4.79 Å². The van der Waals surface area contributed by atoms with E-state index in [1.165, 1.54) is 70.6 Å². The fourth-order valence-corrected chi connectivity index (χ4v) is 2.12. The molecule has 0 heterocycles. The average Bonchev–Trinajstić information content (AvgIpc) is 2.39. The molecule has 0 aliphatic carbocycles. The maximum absolute atomic E-state index is 10.1. The van der Waals surface area contributed by atoms with Gasteiger partial charge in [-0.25, -0.2) is 0 Å². The molecule has 0 saturated heterocycles. The lowest BCUT2D eigenvalue weighted by molar-refractivity contribution is -0.107. The van der Waals surface area contributed by atoms with E-state index in [0.29, 0.717) is 0 Å². The molecule has 0 aromatic rings. The maximum Gasteiger partial charge on any atom is 0.119 e. The predicted octanol–water partition coefficient (Wildman–Crippen LogP) is 5.83. The van der Waals surface area contributed by atoms with E-state index in [9.17, 15) is 4.79 Å². The van der Waals surface area contributed by atoms with Crippen LogP contribution >= 0.6 is 0 Å². The molecular formula is C17H32O. The van der Waals surface area contributed by atoms with Crippen molar-refractivity contribution >= 4 is 6.29 Å². The van der Waals surface area contributed by atoms with Crippen molar-refractivity contribution in [3.05, 3.63) is 12.2 Å². The third-order valence-corrected chi connectivity index (χ3v) is 3.33. The lowest BCUT2D eigenvalue weighted by Gasteiger charge is -1.99. The molecular weight excluding hydrogens is 220 g/mol. The van der Waals surface area contributed by atoms with E-state index in [4.69, 9.17) is 0 Å². The minimum atomic E-state index is 0.753. The summed E-state index contributed by atoms with van der Waals surface area (Å²) in [6.45, 7) is 2.25. The fourth-order valence-electron chi connectivity index (χ4n) is 2.12. The fraction of sp³-hybridized carbons (Fsp3) is 0.824. The highest BCUT2D eigenvalue weighted by Gasteiger charge is 1.91. The lowest BCUT2D eigenvalue weighted by atomic mass is 10.1. The van der Waals surface area contributed by atoms with Gasteiger partial charge in [-0.1, -0.05) is 64.0 Å². The summed E-state index contributed by atoms with van der Waals surface area (Å²) in [7, 11) is 0. The molecule has 0 radical (unpaired) electrons. The van der Waals surface area contributed by atoms with Gasteiger partial charge in [0, 0.05) is 6.42 Å².